The molecule has 0 saturated heterocycles. The van der Waals surface area contributed by atoms with Crippen molar-refractivity contribution in [2.24, 2.45) is 5.92 Å². The maximum atomic E-state index is 11.9. The topological polar surface area (TPSA) is 20.3 Å². The minimum absolute atomic E-state index is 0.0486. The standard InChI is InChI=1S/C11H20ClNO/c1-9(12)8-13(2)11(14)10-6-4-3-5-7-10/h9-10H,3-8H2,1-2H3. The van der Waals surface area contributed by atoms with E-state index in [0.717, 1.165) is 12.8 Å². The number of nitrogens with zero attached hydrogens (tertiary/aromatic N) is 1. The predicted octanol–water partition coefficient (Wildman–Crippen LogP) is 2.65. The van der Waals surface area contributed by atoms with Gasteiger partial charge in [-0.2, -0.15) is 0 Å². The van der Waals surface area contributed by atoms with Crippen LogP contribution in [0.25, 0.3) is 0 Å². The molecule has 1 atom stereocenters. The largest absolute Gasteiger partial charge is 0.344 e. The Morgan fingerprint density at radius 2 is 2.00 bits per heavy atom. The first kappa shape index (κ1) is 11.8. The summed E-state index contributed by atoms with van der Waals surface area (Å²) in [5, 5.41) is 0.0486. The number of amides is 1. The maximum absolute atomic E-state index is 11.9. The van der Waals surface area contributed by atoms with Gasteiger partial charge in [0.15, 0.2) is 0 Å². The molecule has 0 aromatic rings. The summed E-state index contributed by atoms with van der Waals surface area (Å²) in [6.07, 6.45) is 5.85. The average molecular weight is 218 g/mol. The molecule has 0 heterocycles. The van der Waals surface area contributed by atoms with Crippen LogP contribution in [0.5, 0.6) is 0 Å². The average Bonchev–Trinajstić information content (AvgIpc) is 2.17. The van der Waals surface area contributed by atoms with Crippen molar-refractivity contribution in [1.29, 1.82) is 0 Å². The van der Waals surface area contributed by atoms with Crippen LogP contribution in [-0.4, -0.2) is 29.8 Å². The molecule has 1 unspecified atom stereocenters. The smallest absolute Gasteiger partial charge is 0.225 e. The van der Waals surface area contributed by atoms with Gasteiger partial charge in [-0.05, 0) is 19.8 Å². The summed E-state index contributed by atoms with van der Waals surface area (Å²) >= 11 is 5.86. The fourth-order valence-corrected chi connectivity index (χ4v) is 2.34. The molecule has 1 fully saturated rings. The van der Waals surface area contributed by atoms with Gasteiger partial charge in [-0.25, -0.2) is 0 Å². The summed E-state index contributed by atoms with van der Waals surface area (Å²) < 4.78 is 0. The van der Waals surface area contributed by atoms with Gasteiger partial charge in [0, 0.05) is 24.9 Å². The van der Waals surface area contributed by atoms with Crippen LogP contribution in [0.15, 0.2) is 0 Å². The molecule has 0 bridgehead atoms. The van der Waals surface area contributed by atoms with E-state index in [-0.39, 0.29) is 17.2 Å². The fraction of sp³-hybridized carbons (Fsp3) is 0.909. The molecular weight excluding hydrogens is 198 g/mol. The van der Waals surface area contributed by atoms with Crippen LogP contribution >= 0.6 is 11.6 Å². The van der Waals surface area contributed by atoms with Crippen molar-refractivity contribution in [1.82, 2.24) is 4.90 Å². The third-order valence-corrected chi connectivity index (χ3v) is 2.99. The molecule has 14 heavy (non-hydrogen) atoms. The van der Waals surface area contributed by atoms with Crippen molar-refractivity contribution in [2.45, 2.75) is 44.4 Å². The number of hydrogen-bond donors (Lipinski definition) is 0. The van der Waals surface area contributed by atoms with Gasteiger partial charge in [0.05, 0.1) is 0 Å². The number of hydrogen-bond acceptors (Lipinski definition) is 1. The van der Waals surface area contributed by atoms with Crippen LogP contribution < -0.4 is 0 Å². The second-order valence-electron chi connectivity index (χ2n) is 4.33. The van der Waals surface area contributed by atoms with Gasteiger partial charge < -0.3 is 4.90 Å². The van der Waals surface area contributed by atoms with Crippen molar-refractivity contribution in [3.05, 3.63) is 0 Å². The Morgan fingerprint density at radius 1 is 1.43 bits per heavy atom. The molecule has 0 aromatic heterocycles. The van der Waals surface area contributed by atoms with Gasteiger partial charge in [0.1, 0.15) is 0 Å². The highest BCUT2D eigenvalue weighted by molar-refractivity contribution is 6.20. The first-order valence-corrected chi connectivity index (χ1v) is 5.94. The van der Waals surface area contributed by atoms with Gasteiger partial charge in [0.25, 0.3) is 0 Å². The Bertz CT molecular complexity index is 188. The molecule has 82 valence electrons. The molecule has 1 saturated carbocycles. The lowest BCUT2D eigenvalue weighted by atomic mass is 9.88. The van der Waals surface area contributed by atoms with Crippen molar-refractivity contribution in [2.75, 3.05) is 13.6 Å². The minimum atomic E-state index is 0.0486. The van der Waals surface area contributed by atoms with E-state index in [1.165, 1.54) is 19.3 Å². The molecule has 2 nitrogen and oxygen atoms in total. The Kier molecular flexibility index (Phi) is 4.73. The third kappa shape index (κ3) is 3.49. The van der Waals surface area contributed by atoms with Crippen molar-refractivity contribution < 1.29 is 4.79 Å². The molecule has 1 amide bonds. The Morgan fingerprint density at radius 3 is 2.50 bits per heavy atom. The van der Waals surface area contributed by atoms with Gasteiger partial charge in [-0.15, -0.1) is 11.6 Å². The molecule has 0 N–H and O–H groups in total. The molecule has 3 heteroatoms. The second kappa shape index (κ2) is 5.59. The van der Waals surface area contributed by atoms with Gasteiger partial charge >= 0.3 is 0 Å². The van der Waals surface area contributed by atoms with E-state index < -0.39 is 0 Å². The molecular formula is C11H20ClNO. The highest BCUT2D eigenvalue weighted by Crippen LogP contribution is 2.25. The first-order chi connectivity index (χ1) is 6.61. The predicted molar refractivity (Wildman–Crippen MR) is 59.5 cm³/mol. The molecule has 1 aliphatic carbocycles. The lowest BCUT2D eigenvalue weighted by molar-refractivity contribution is -0.135. The summed E-state index contributed by atoms with van der Waals surface area (Å²) in [4.78, 5) is 13.7. The number of rotatable bonds is 3. The van der Waals surface area contributed by atoms with Crippen molar-refractivity contribution >= 4 is 17.5 Å². The van der Waals surface area contributed by atoms with E-state index in [0.29, 0.717) is 6.54 Å². The van der Waals surface area contributed by atoms with Crippen LogP contribution in [0.1, 0.15) is 39.0 Å². The van der Waals surface area contributed by atoms with Crippen LogP contribution in [0, 0.1) is 5.92 Å². The zero-order chi connectivity index (χ0) is 10.6. The van der Waals surface area contributed by atoms with E-state index in [9.17, 15) is 4.79 Å². The first-order valence-electron chi connectivity index (χ1n) is 5.50. The van der Waals surface area contributed by atoms with Gasteiger partial charge in [-0.3, -0.25) is 4.79 Å². The van der Waals surface area contributed by atoms with Crippen LogP contribution in [-0.2, 0) is 4.79 Å². The van der Waals surface area contributed by atoms with E-state index in [4.69, 9.17) is 11.6 Å². The normalized spacial score (nSPS) is 20.5. The van der Waals surface area contributed by atoms with E-state index in [1.807, 2.05) is 14.0 Å². The summed E-state index contributed by atoms with van der Waals surface area (Å²) in [5.41, 5.74) is 0. The van der Waals surface area contributed by atoms with Crippen molar-refractivity contribution in [3.63, 3.8) is 0 Å². The summed E-state index contributed by atoms with van der Waals surface area (Å²) in [5.74, 6) is 0.557. The summed E-state index contributed by atoms with van der Waals surface area (Å²) in [6, 6.07) is 0. The zero-order valence-corrected chi connectivity index (χ0v) is 9.89. The van der Waals surface area contributed by atoms with Crippen molar-refractivity contribution in [3.8, 4) is 0 Å². The number of alkyl halides is 1. The highest BCUT2D eigenvalue weighted by atomic mass is 35.5. The zero-order valence-electron chi connectivity index (χ0n) is 9.13. The van der Waals surface area contributed by atoms with Crippen LogP contribution in [0.3, 0.4) is 0 Å². The number of halogens is 1. The van der Waals surface area contributed by atoms with E-state index in [1.54, 1.807) is 4.90 Å². The van der Waals surface area contributed by atoms with Gasteiger partial charge in [0.2, 0.25) is 5.91 Å². The Balaban J connectivity index is 2.38. The number of carbonyl (C=O) groups is 1. The highest BCUT2D eigenvalue weighted by Gasteiger charge is 2.24. The quantitative estimate of drug-likeness (QED) is 0.666. The minimum Gasteiger partial charge on any atom is -0.344 e. The van der Waals surface area contributed by atoms with E-state index >= 15 is 0 Å². The molecule has 1 aliphatic rings. The molecule has 0 aromatic carbocycles. The molecule has 0 spiro atoms. The maximum Gasteiger partial charge on any atom is 0.225 e. The monoisotopic (exact) mass is 217 g/mol. The summed E-state index contributed by atoms with van der Waals surface area (Å²) in [6.45, 7) is 2.59. The lowest BCUT2D eigenvalue weighted by Crippen LogP contribution is -2.36. The fourth-order valence-electron chi connectivity index (χ4n) is 2.13. The SMILES string of the molecule is CC(Cl)CN(C)C(=O)C1CCCCC1. The molecule has 0 aliphatic heterocycles. The molecule has 0 radical (unpaired) electrons. The summed E-state index contributed by atoms with van der Waals surface area (Å²) in [7, 11) is 1.86. The third-order valence-electron chi connectivity index (χ3n) is 2.86. The molecule has 1 rings (SSSR count). The van der Waals surface area contributed by atoms with Gasteiger partial charge in [-0.1, -0.05) is 19.3 Å². The Labute approximate surface area is 91.6 Å². The van der Waals surface area contributed by atoms with Crippen LogP contribution in [0.2, 0.25) is 0 Å². The second-order valence-corrected chi connectivity index (χ2v) is 5.08. The lowest BCUT2D eigenvalue weighted by Gasteiger charge is -2.27. The van der Waals surface area contributed by atoms with E-state index in [2.05, 4.69) is 0 Å². The number of carbonyl (C=O) groups excluding carboxylic acids is 1. The van der Waals surface area contributed by atoms with Crippen LogP contribution in [0.4, 0.5) is 0 Å². The Hall–Kier alpha value is -0.240.